The van der Waals surface area contributed by atoms with Crippen LogP contribution in [0.4, 0.5) is 0 Å². The fourth-order valence-corrected chi connectivity index (χ4v) is 2.51. The molecular formula is C17H19NO2. The average Bonchev–Trinajstić information content (AvgIpc) is 2.48. The number of ether oxygens (including phenoxy) is 1. The summed E-state index contributed by atoms with van der Waals surface area (Å²) >= 11 is 0. The molecule has 0 aromatic heterocycles. The van der Waals surface area contributed by atoms with E-state index in [9.17, 15) is 4.79 Å². The van der Waals surface area contributed by atoms with Gasteiger partial charge in [0.05, 0.1) is 7.11 Å². The Morgan fingerprint density at radius 3 is 1.75 bits per heavy atom. The van der Waals surface area contributed by atoms with Crippen molar-refractivity contribution >= 4 is 5.97 Å². The van der Waals surface area contributed by atoms with E-state index in [0.29, 0.717) is 0 Å². The largest absolute Gasteiger partial charge is 0.468 e. The highest BCUT2D eigenvalue weighted by atomic mass is 16.5. The highest BCUT2D eigenvalue weighted by Gasteiger charge is 2.40. The van der Waals surface area contributed by atoms with Gasteiger partial charge in [0.1, 0.15) is 5.54 Å². The Morgan fingerprint density at radius 1 is 1.00 bits per heavy atom. The first-order chi connectivity index (χ1) is 9.57. The topological polar surface area (TPSA) is 52.3 Å². The first-order valence-corrected chi connectivity index (χ1v) is 6.54. The van der Waals surface area contributed by atoms with Gasteiger partial charge in [-0.2, -0.15) is 0 Å². The molecule has 0 amide bonds. The molecule has 0 saturated carbocycles. The third-order valence-corrected chi connectivity index (χ3v) is 3.49. The minimum Gasteiger partial charge on any atom is -0.468 e. The van der Waals surface area contributed by atoms with E-state index in [-0.39, 0.29) is 5.92 Å². The zero-order chi connectivity index (χ0) is 14.6. The number of nitrogens with two attached hydrogens (primary N) is 1. The van der Waals surface area contributed by atoms with E-state index in [1.165, 1.54) is 7.11 Å². The number of rotatable bonds is 4. The van der Waals surface area contributed by atoms with Gasteiger partial charge in [0, 0.05) is 5.92 Å². The fourth-order valence-electron chi connectivity index (χ4n) is 2.51. The molecule has 104 valence electrons. The average molecular weight is 269 g/mol. The van der Waals surface area contributed by atoms with Crippen molar-refractivity contribution in [1.29, 1.82) is 0 Å². The lowest BCUT2D eigenvalue weighted by molar-refractivity contribution is -0.146. The molecule has 20 heavy (non-hydrogen) atoms. The third kappa shape index (κ3) is 2.73. The Bertz CT molecular complexity index is 525. The molecule has 0 bridgehead atoms. The summed E-state index contributed by atoms with van der Waals surface area (Å²) in [6.45, 7) is 1.71. The molecule has 0 aliphatic heterocycles. The van der Waals surface area contributed by atoms with Gasteiger partial charge in [-0.05, 0) is 18.1 Å². The van der Waals surface area contributed by atoms with Crippen molar-refractivity contribution in [1.82, 2.24) is 0 Å². The number of hydrogen-bond acceptors (Lipinski definition) is 3. The zero-order valence-electron chi connectivity index (χ0n) is 11.7. The summed E-state index contributed by atoms with van der Waals surface area (Å²) < 4.78 is 4.88. The molecule has 0 fully saturated rings. The van der Waals surface area contributed by atoms with Crippen LogP contribution in [0.5, 0.6) is 0 Å². The van der Waals surface area contributed by atoms with Crippen LogP contribution in [0.25, 0.3) is 0 Å². The molecule has 0 saturated heterocycles. The molecule has 1 unspecified atom stereocenters. The number of methoxy groups -OCH3 is 1. The Kier molecular flexibility index (Phi) is 4.20. The van der Waals surface area contributed by atoms with E-state index in [1.807, 2.05) is 60.7 Å². The lowest BCUT2D eigenvalue weighted by Gasteiger charge is -2.32. The smallest absolute Gasteiger partial charge is 0.326 e. The van der Waals surface area contributed by atoms with Gasteiger partial charge in [-0.25, -0.2) is 0 Å². The van der Waals surface area contributed by atoms with Crippen LogP contribution >= 0.6 is 0 Å². The lowest BCUT2D eigenvalue weighted by atomic mass is 9.76. The Morgan fingerprint density at radius 2 is 1.40 bits per heavy atom. The van der Waals surface area contributed by atoms with Crippen LogP contribution in [-0.2, 0) is 9.53 Å². The summed E-state index contributed by atoms with van der Waals surface area (Å²) in [5, 5.41) is 0. The van der Waals surface area contributed by atoms with Crippen LogP contribution in [-0.4, -0.2) is 18.6 Å². The van der Waals surface area contributed by atoms with Crippen LogP contribution < -0.4 is 5.73 Å². The molecule has 0 aliphatic carbocycles. The van der Waals surface area contributed by atoms with Gasteiger partial charge in [-0.15, -0.1) is 0 Å². The normalized spacial score (nSPS) is 13.8. The summed E-state index contributed by atoms with van der Waals surface area (Å²) in [4.78, 5) is 12.1. The highest BCUT2D eigenvalue weighted by molar-refractivity contribution is 5.82. The second-order valence-corrected chi connectivity index (χ2v) is 5.03. The lowest BCUT2D eigenvalue weighted by Crippen LogP contribution is -2.51. The number of hydrogen-bond donors (Lipinski definition) is 1. The van der Waals surface area contributed by atoms with Gasteiger partial charge >= 0.3 is 5.97 Å². The molecule has 0 spiro atoms. The minimum absolute atomic E-state index is 0.252. The summed E-state index contributed by atoms with van der Waals surface area (Å²) in [5.41, 5.74) is 7.17. The molecule has 0 aliphatic rings. The molecule has 2 aromatic rings. The van der Waals surface area contributed by atoms with E-state index in [2.05, 4.69) is 0 Å². The number of carbonyl (C=O) groups is 1. The van der Waals surface area contributed by atoms with E-state index < -0.39 is 11.5 Å². The molecular weight excluding hydrogens is 250 g/mol. The van der Waals surface area contributed by atoms with Crippen molar-refractivity contribution in [2.24, 2.45) is 5.73 Å². The standard InChI is InChI=1S/C17H19NO2/c1-17(18,16(19)20-2)15(13-9-5-3-6-10-13)14-11-7-4-8-12-14/h3-12,15H,18H2,1-2H3. The van der Waals surface area contributed by atoms with Crippen molar-refractivity contribution in [2.75, 3.05) is 7.11 Å². The summed E-state index contributed by atoms with van der Waals surface area (Å²) in [6, 6.07) is 19.6. The van der Waals surface area contributed by atoms with Crippen LogP contribution in [0.3, 0.4) is 0 Å². The summed E-state index contributed by atoms with van der Waals surface area (Å²) in [5.74, 6) is -0.674. The van der Waals surface area contributed by atoms with Crippen molar-refractivity contribution in [3.63, 3.8) is 0 Å². The predicted octanol–water partition coefficient (Wildman–Crippen LogP) is 2.71. The van der Waals surface area contributed by atoms with Crippen molar-refractivity contribution in [2.45, 2.75) is 18.4 Å². The van der Waals surface area contributed by atoms with Gasteiger partial charge in [0.25, 0.3) is 0 Å². The Hall–Kier alpha value is -2.13. The zero-order valence-corrected chi connectivity index (χ0v) is 11.7. The van der Waals surface area contributed by atoms with Crippen LogP contribution in [0.1, 0.15) is 24.0 Å². The first kappa shape index (κ1) is 14.3. The van der Waals surface area contributed by atoms with Crippen molar-refractivity contribution < 1.29 is 9.53 Å². The Balaban J connectivity index is 2.54. The number of carbonyl (C=O) groups excluding carboxylic acids is 1. The molecule has 2 aromatic carbocycles. The van der Waals surface area contributed by atoms with Crippen LogP contribution in [0, 0.1) is 0 Å². The van der Waals surface area contributed by atoms with E-state index in [4.69, 9.17) is 10.5 Å². The number of esters is 1. The minimum atomic E-state index is -1.13. The SMILES string of the molecule is COC(=O)C(C)(N)C(c1ccccc1)c1ccccc1. The first-order valence-electron chi connectivity index (χ1n) is 6.54. The van der Waals surface area contributed by atoms with E-state index in [0.717, 1.165) is 11.1 Å². The third-order valence-electron chi connectivity index (χ3n) is 3.49. The van der Waals surface area contributed by atoms with Crippen LogP contribution in [0.15, 0.2) is 60.7 Å². The molecule has 3 nitrogen and oxygen atoms in total. The van der Waals surface area contributed by atoms with Gasteiger partial charge in [0.15, 0.2) is 0 Å². The van der Waals surface area contributed by atoms with Gasteiger partial charge in [0.2, 0.25) is 0 Å². The highest BCUT2D eigenvalue weighted by Crippen LogP contribution is 2.34. The van der Waals surface area contributed by atoms with Gasteiger partial charge in [-0.1, -0.05) is 60.7 Å². The summed E-state index contributed by atoms with van der Waals surface area (Å²) in [6.07, 6.45) is 0. The molecule has 2 N–H and O–H groups in total. The van der Waals surface area contributed by atoms with E-state index >= 15 is 0 Å². The number of benzene rings is 2. The summed E-state index contributed by atoms with van der Waals surface area (Å²) in [7, 11) is 1.36. The predicted molar refractivity (Wildman–Crippen MR) is 79.3 cm³/mol. The van der Waals surface area contributed by atoms with Gasteiger partial charge < -0.3 is 10.5 Å². The molecule has 3 heteroatoms. The molecule has 2 rings (SSSR count). The molecule has 0 radical (unpaired) electrons. The maximum absolute atomic E-state index is 12.1. The molecule has 0 heterocycles. The maximum atomic E-state index is 12.1. The van der Waals surface area contributed by atoms with E-state index in [1.54, 1.807) is 6.92 Å². The van der Waals surface area contributed by atoms with Gasteiger partial charge in [-0.3, -0.25) is 4.79 Å². The molecule has 1 atom stereocenters. The quantitative estimate of drug-likeness (QED) is 0.868. The second kappa shape index (κ2) is 5.88. The Labute approximate surface area is 119 Å². The van der Waals surface area contributed by atoms with Crippen LogP contribution in [0.2, 0.25) is 0 Å². The van der Waals surface area contributed by atoms with Crippen molar-refractivity contribution in [3.8, 4) is 0 Å². The van der Waals surface area contributed by atoms with Crippen molar-refractivity contribution in [3.05, 3.63) is 71.8 Å². The second-order valence-electron chi connectivity index (χ2n) is 5.03. The monoisotopic (exact) mass is 269 g/mol. The maximum Gasteiger partial charge on any atom is 0.326 e. The fraction of sp³-hybridized carbons (Fsp3) is 0.235.